The highest BCUT2D eigenvalue weighted by atomic mass is 16.5. The third-order valence-electron chi connectivity index (χ3n) is 5.28. The maximum absolute atomic E-state index is 5.59. The second-order valence-corrected chi connectivity index (χ2v) is 6.48. The normalized spacial score (nSPS) is 21.0. The molecule has 1 saturated heterocycles. The van der Waals surface area contributed by atoms with E-state index in [0.717, 1.165) is 31.7 Å². The molecule has 3 heteroatoms. The van der Waals surface area contributed by atoms with Crippen LogP contribution in [0.3, 0.4) is 0 Å². The van der Waals surface area contributed by atoms with E-state index < -0.39 is 0 Å². The van der Waals surface area contributed by atoms with E-state index in [9.17, 15) is 0 Å². The zero-order valence-corrected chi connectivity index (χ0v) is 13.5. The van der Waals surface area contributed by atoms with Crippen LogP contribution < -0.4 is 10.1 Å². The van der Waals surface area contributed by atoms with Gasteiger partial charge in [-0.15, -0.1) is 0 Å². The Morgan fingerprint density at radius 3 is 2.95 bits per heavy atom. The molecule has 3 nitrogen and oxygen atoms in total. The van der Waals surface area contributed by atoms with Crippen molar-refractivity contribution >= 4 is 0 Å². The Balaban J connectivity index is 1.57. The first-order chi connectivity index (χ1) is 10.2. The lowest BCUT2D eigenvalue weighted by Crippen LogP contribution is -2.60. The summed E-state index contributed by atoms with van der Waals surface area (Å²) in [6.07, 6.45) is 4.66. The van der Waals surface area contributed by atoms with E-state index in [4.69, 9.17) is 4.74 Å². The Labute approximate surface area is 128 Å². The van der Waals surface area contributed by atoms with Gasteiger partial charge in [0.25, 0.3) is 0 Å². The second-order valence-electron chi connectivity index (χ2n) is 6.48. The molecule has 0 radical (unpaired) electrons. The van der Waals surface area contributed by atoms with Crippen molar-refractivity contribution in [1.82, 2.24) is 10.2 Å². The fraction of sp³-hybridized carbons (Fsp3) is 0.667. The third-order valence-corrected chi connectivity index (χ3v) is 5.28. The second kappa shape index (κ2) is 6.37. The maximum Gasteiger partial charge on any atom is 0.122 e. The van der Waals surface area contributed by atoms with Crippen LogP contribution in [-0.2, 0) is 12.8 Å². The lowest BCUT2D eigenvalue weighted by Gasteiger charge is -2.43. The van der Waals surface area contributed by atoms with E-state index in [1.165, 1.54) is 43.6 Å². The van der Waals surface area contributed by atoms with Gasteiger partial charge >= 0.3 is 0 Å². The van der Waals surface area contributed by atoms with E-state index in [1.54, 1.807) is 0 Å². The third kappa shape index (κ3) is 3.24. The average Bonchev–Trinajstić information content (AvgIpc) is 3.00. The van der Waals surface area contributed by atoms with Crippen LogP contribution >= 0.6 is 0 Å². The quantitative estimate of drug-likeness (QED) is 0.901. The number of fused-ring (bicyclic) bond motifs is 1. The summed E-state index contributed by atoms with van der Waals surface area (Å²) in [4.78, 5) is 2.63. The highest BCUT2D eigenvalue weighted by Crippen LogP contribution is 2.26. The molecule has 0 unspecified atom stereocenters. The zero-order chi connectivity index (χ0) is 14.7. The van der Waals surface area contributed by atoms with Crippen LogP contribution in [0.25, 0.3) is 0 Å². The van der Waals surface area contributed by atoms with Gasteiger partial charge in [0.1, 0.15) is 5.75 Å². The molecule has 3 rings (SSSR count). The molecule has 2 aliphatic rings. The Kier molecular flexibility index (Phi) is 4.51. The van der Waals surface area contributed by atoms with E-state index in [0.29, 0.717) is 5.54 Å². The molecule has 1 fully saturated rings. The summed E-state index contributed by atoms with van der Waals surface area (Å²) in [6, 6.07) is 6.73. The Hall–Kier alpha value is -1.06. The summed E-state index contributed by atoms with van der Waals surface area (Å²) in [5.41, 5.74) is 3.19. The molecule has 2 heterocycles. The van der Waals surface area contributed by atoms with Gasteiger partial charge in [-0.1, -0.05) is 26.0 Å². The molecule has 0 atom stereocenters. The van der Waals surface area contributed by atoms with Gasteiger partial charge < -0.3 is 10.1 Å². The van der Waals surface area contributed by atoms with Gasteiger partial charge in [-0.25, -0.2) is 0 Å². The van der Waals surface area contributed by atoms with Crippen LogP contribution in [0.5, 0.6) is 5.75 Å². The number of rotatable bonds is 5. The molecule has 116 valence electrons. The predicted octanol–water partition coefficient (Wildman–Crippen LogP) is 2.63. The summed E-state index contributed by atoms with van der Waals surface area (Å²) in [5, 5.41) is 3.74. The number of benzene rings is 1. The van der Waals surface area contributed by atoms with E-state index >= 15 is 0 Å². The van der Waals surface area contributed by atoms with Crippen molar-refractivity contribution < 1.29 is 4.74 Å². The molecule has 1 N–H and O–H groups in total. The number of piperazine rings is 1. The van der Waals surface area contributed by atoms with Crippen LogP contribution in [0.15, 0.2) is 18.2 Å². The molecule has 0 aromatic heterocycles. The molecule has 1 aromatic carbocycles. The standard InChI is InChI=1S/C18H28N2O/c1-3-18(4-2)14-20(11-9-19-18)10-7-15-5-6-17-16(13-15)8-12-21-17/h5-6,13,19H,3-4,7-12,14H2,1-2H3. The zero-order valence-electron chi connectivity index (χ0n) is 13.5. The van der Waals surface area contributed by atoms with Crippen molar-refractivity contribution in [3.8, 4) is 5.75 Å². The minimum atomic E-state index is 0.337. The summed E-state index contributed by atoms with van der Waals surface area (Å²) in [5.74, 6) is 1.09. The maximum atomic E-state index is 5.59. The molecule has 2 aliphatic heterocycles. The first-order valence-electron chi connectivity index (χ1n) is 8.47. The Morgan fingerprint density at radius 2 is 2.14 bits per heavy atom. The highest BCUT2D eigenvalue weighted by Gasteiger charge is 2.31. The van der Waals surface area contributed by atoms with Crippen molar-refractivity contribution in [2.24, 2.45) is 0 Å². The fourth-order valence-corrected chi connectivity index (χ4v) is 3.64. The molecular weight excluding hydrogens is 260 g/mol. The van der Waals surface area contributed by atoms with Gasteiger partial charge in [0.2, 0.25) is 0 Å². The SMILES string of the molecule is CCC1(CC)CN(CCc2ccc3c(c2)CCO3)CCN1. The predicted molar refractivity (Wildman–Crippen MR) is 87.1 cm³/mol. The molecule has 0 spiro atoms. The summed E-state index contributed by atoms with van der Waals surface area (Å²) < 4.78 is 5.59. The van der Waals surface area contributed by atoms with E-state index in [2.05, 4.69) is 42.3 Å². The molecule has 1 aromatic rings. The van der Waals surface area contributed by atoms with Gasteiger partial charge in [-0.3, -0.25) is 4.90 Å². The van der Waals surface area contributed by atoms with Crippen LogP contribution in [0.2, 0.25) is 0 Å². The summed E-state index contributed by atoms with van der Waals surface area (Å²) in [6.45, 7) is 10.1. The minimum absolute atomic E-state index is 0.337. The van der Waals surface area contributed by atoms with Crippen molar-refractivity contribution in [1.29, 1.82) is 0 Å². The molecule has 0 bridgehead atoms. The number of nitrogens with one attached hydrogen (secondary N) is 1. The lowest BCUT2D eigenvalue weighted by atomic mass is 9.90. The van der Waals surface area contributed by atoms with Crippen molar-refractivity contribution in [2.75, 3.05) is 32.8 Å². The van der Waals surface area contributed by atoms with Crippen molar-refractivity contribution in [3.63, 3.8) is 0 Å². The van der Waals surface area contributed by atoms with Gasteiger partial charge in [0.05, 0.1) is 6.61 Å². The van der Waals surface area contributed by atoms with E-state index in [1.807, 2.05) is 0 Å². The van der Waals surface area contributed by atoms with Gasteiger partial charge in [0, 0.05) is 38.1 Å². The molecule has 0 aliphatic carbocycles. The molecule has 21 heavy (non-hydrogen) atoms. The minimum Gasteiger partial charge on any atom is -0.493 e. The molecule has 0 saturated carbocycles. The average molecular weight is 288 g/mol. The van der Waals surface area contributed by atoms with Crippen molar-refractivity contribution in [2.45, 2.75) is 45.1 Å². The van der Waals surface area contributed by atoms with Gasteiger partial charge in [-0.2, -0.15) is 0 Å². The first kappa shape index (κ1) is 14.9. The molecular formula is C18H28N2O. The fourth-order valence-electron chi connectivity index (χ4n) is 3.64. The van der Waals surface area contributed by atoms with Gasteiger partial charge in [-0.05, 0) is 36.5 Å². The van der Waals surface area contributed by atoms with Crippen molar-refractivity contribution in [3.05, 3.63) is 29.3 Å². The summed E-state index contributed by atoms with van der Waals surface area (Å²) >= 11 is 0. The van der Waals surface area contributed by atoms with E-state index in [-0.39, 0.29) is 0 Å². The number of hydrogen-bond acceptors (Lipinski definition) is 3. The van der Waals surface area contributed by atoms with Gasteiger partial charge in [0.15, 0.2) is 0 Å². The lowest BCUT2D eigenvalue weighted by molar-refractivity contribution is 0.125. The first-order valence-corrected chi connectivity index (χ1v) is 8.47. The molecule has 0 amide bonds. The Morgan fingerprint density at radius 1 is 1.29 bits per heavy atom. The van der Waals surface area contributed by atoms with Crippen LogP contribution in [0.4, 0.5) is 0 Å². The van der Waals surface area contributed by atoms with Crippen LogP contribution in [-0.4, -0.2) is 43.2 Å². The van der Waals surface area contributed by atoms with Crippen LogP contribution in [0, 0.1) is 0 Å². The number of ether oxygens (including phenoxy) is 1. The number of nitrogens with zero attached hydrogens (tertiary/aromatic N) is 1. The summed E-state index contributed by atoms with van der Waals surface area (Å²) in [7, 11) is 0. The van der Waals surface area contributed by atoms with Crippen LogP contribution in [0.1, 0.15) is 37.8 Å². The number of hydrogen-bond donors (Lipinski definition) is 1. The Bertz CT molecular complexity index is 482. The monoisotopic (exact) mass is 288 g/mol. The topological polar surface area (TPSA) is 24.5 Å². The smallest absolute Gasteiger partial charge is 0.122 e. The largest absolute Gasteiger partial charge is 0.493 e. The highest BCUT2D eigenvalue weighted by molar-refractivity contribution is 5.39.